The van der Waals surface area contributed by atoms with Crippen LogP contribution >= 0.6 is 23.5 Å². The number of nitrogens with zero attached hydrogens (tertiary/aromatic N) is 2. The van der Waals surface area contributed by atoms with E-state index in [0.29, 0.717) is 30.0 Å². The number of fused-ring (bicyclic) bond motifs is 4. The summed E-state index contributed by atoms with van der Waals surface area (Å²) >= 11 is 2.82. The van der Waals surface area contributed by atoms with E-state index in [9.17, 15) is 19.2 Å². The molecule has 2 aliphatic rings. The summed E-state index contributed by atoms with van der Waals surface area (Å²) in [5.41, 5.74) is 0.513. The number of amides is 3. The van der Waals surface area contributed by atoms with E-state index in [1.165, 1.54) is 42.8 Å². The number of aliphatic imine (C=N–C) groups is 1. The lowest BCUT2D eigenvalue weighted by Gasteiger charge is -2.27. The van der Waals surface area contributed by atoms with Crippen molar-refractivity contribution in [3.05, 3.63) is 41.7 Å². The van der Waals surface area contributed by atoms with E-state index in [4.69, 9.17) is 4.99 Å². The van der Waals surface area contributed by atoms with Crippen LogP contribution in [0.5, 0.6) is 0 Å². The molecule has 3 heterocycles. The van der Waals surface area contributed by atoms with Crippen LogP contribution in [0.15, 0.2) is 35.5 Å². The average Bonchev–Trinajstić information content (AvgIpc) is 3.37. The topological polar surface area (TPSA) is 130 Å². The smallest absolute Gasteiger partial charge is 0.249 e. The number of aromatic nitrogens is 1. The number of pyridine rings is 1. The first kappa shape index (κ1) is 33.8. The summed E-state index contributed by atoms with van der Waals surface area (Å²) < 4.78 is 0. The van der Waals surface area contributed by atoms with Crippen LogP contribution in [0.25, 0.3) is 0 Å². The molecule has 3 amide bonds. The standard InChI is InChI=1S/C31H45N5O4S2/c1-5-6-7-8-9-13-26(38)41-16-11-10-12-23-18-25(37)33-19-24-17-22(14-15-32-24)29-36-31(4,20-42-29)30(40)35-27(21(2)3)28(39)34-23/h10,12,14-15,17,21,23,27H,5-9,11,13,16,18-20H2,1-4H3,(H,33,37)(H,34,39)(H,35,40)/b12-10+/t23-,27?,31+/m1/s1. The van der Waals surface area contributed by atoms with Gasteiger partial charge in [0.1, 0.15) is 11.6 Å². The second-order valence-corrected chi connectivity index (χ2v) is 13.5. The average molecular weight is 616 g/mol. The summed E-state index contributed by atoms with van der Waals surface area (Å²) in [6, 6.07) is 2.35. The zero-order chi connectivity index (χ0) is 30.5. The highest BCUT2D eigenvalue weighted by Gasteiger charge is 2.41. The fourth-order valence-corrected chi connectivity index (χ4v) is 6.59. The van der Waals surface area contributed by atoms with Crippen molar-refractivity contribution in [1.82, 2.24) is 20.9 Å². The van der Waals surface area contributed by atoms with Crippen LogP contribution in [-0.2, 0) is 25.7 Å². The van der Waals surface area contributed by atoms with Gasteiger partial charge in [0.25, 0.3) is 0 Å². The molecule has 42 heavy (non-hydrogen) atoms. The molecule has 1 aromatic heterocycles. The minimum Gasteiger partial charge on any atom is -0.350 e. The first-order valence-electron chi connectivity index (χ1n) is 15.0. The van der Waals surface area contributed by atoms with Crippen LogP contribution in [0.2, 0.25) is 0 Å². The van der Waals surface area contributed by atoms with Crippen molar-refractivity contribution in [2.24, 2.45) is 10.9 Å². The number of hydrogen-bond donors (Lipinski definition) is 3. The van der Waals surface area contributed by atoms with E-state index in [-0.39, 0.29) is 41.7 Å². The van der Waals surface area contributed by atoms with Crippen molar-refractivity contribution in [3.8, 4) is 0 Å². The predicted octanol–water partition coefficient (Wildman–Crippen LogP) is 4.55. The Hall–Kier alpha value is -2.66. The maximum atomic E-state index is 13.4. The molecule has 9 nitrogen and oxygen atoms in total. The van der Waals surface area contributed by atoms with E-state index >= 15 is 0 Å². The molecule has 3 rings (SSSR count). The highest BCUT2D eigenvalue weighted by atomic mass is 32.2. The highest BCUT2D eigenvalue weighted by Crippen LogP contribution is 2.31. The number of allylic oxidation sites excluding steroid dienone is 1. The van der Waals surface area contributed by atoms with Crippen LogP contribution in [0.4, 0.5) is 0 Å². The van der Waals surface area contributed by atoms with E-state index in [2.05, 4.69) is 27.9 Å². The van der Waals surface area contributed by atoms with Crippen LogP contribution in [0, 0.1) is 5.92 Å². The molecule has 0 saturated heterocycles. The summed E-state index contributed by atoms with van der Waals surface area (Å²) in [4.78, 5) is 61.0. The van der Waals surface area contributed by atoms with E-state index in [1.54, 1.807) is 19.2 Å². The van der Waals surface area contributed by atoms with Crippen LogP contribution in [-0.4, -0.2) is 62.0 Å². The lowest BCUT2D eigenvalue weighted by molar-refractivity contribution is -0.132. The molecule has 3 N–H and O–H groups in total. The van der Waals surface area contributed by atoms with Crippen molar-refractivity contribution >= 4 is 51.4 Å². The third-order valence-electron chi connectivity index (χ3n) is 7.23. The molecule has 0 saturated carbocycles. The zero-order valence-corrected chi connectivity index (χ0v) is 26.9. The fraction of sp³-hybridized carbons (Fsp3) is 0.613. The summed E-state index contributed by atoms with van der Waals surface area (Å²) in [6.45, 7) is 7.94. The monoisotopic (exact) mass is 615 g/mol. The Morgan fingerprint density at radius 2 is 1.98 bits per heavy atom. The predicted molar refractivity (Wildman–Crippen MR) is 171 cm³/mol. The minimum atomic E-state index is -1.01. The van der Waals surface area contributed by atoms with Gasteiger partial charge in [-0.15, -0.1) is 11.8 Å². The second-order valence-electron chi connectivity index (χ2n) is 11.4. The SMILES string of the molecule is CCCCCCCC(=O)SCC/C=C/[C@@H]1CC(=O)NCc2cc(ccn2)C2=N[C@@](C)(CS2)C(=O)NC(C(C)C)C(=O)N1. The number of carbonyl (C=O) groups is 4. The highest BCUT2D eigenvalue weighted by molar-refractivity contribution is 8.14. The molecule has 0 radical (unpaired) electrons. The summed E-state index contributed by atoms with van der Waals surface area (Å²) in [7, 11) is 0. The number of carbonyl (C=O) groups excluding carboxylic acids is 4. The van der Waals surface area contributed by atoms with Gasteiger partial charge in [0, 0.05) is 29.7 Å². The normalized spacial score (nSPS) is 23.5. The lowest BCUT2D eigenvalue weighted by Crippen LogP contribution is -2.56. The summed E-state index contributed by atoms with van der Waals surface area (Å²) in [5.74, 6) is 0.0209. The van der Waals surface area contributed by atoms with Gasteiger partial charge in [0.05, 0.1) is 29.7 Å². The molecule has 1 aromatic rings. The maximum absolute atomic E-state index is 13.4. The van der Waals surface area contributed by atoms with Gasteiger partial charge >= 0.3 is 0 Å². The van der Waals surface area contributed by atoms with Crippen molar-refractivity contribution in [1.29, 1.82) is 0 Å². The molecule has 4 bridgehead atoms. The van der Waals surface area contributed by atoms with Gasteiger partial charge < -0.3 is 16.0 Å². The molecule has 0 spiro atoms. The molecule has 230 valence electrons. The molecular formula is C31H45N5O4S2. The zero-order valence-electron chi connectivity index (χ0n) is 25.2. The van der Waals surface area contributed by atoms with Crippen molar-refractivity contribution in [2.75, 3.05) is 11.5 Å². The van der Waals surface area contributed by atoms with Crippen LogP contribution in [0.3, 0.4) is 0 Å². The quantitative estimate of drug-likeness (QED) is 0.246. The fourth-order valence-electron chi connectivity index (χ4n) is 4.65. The van der Waals surface area contributed by atoms with E-state index in [0.717, 1.165) is 23.4 Å². The lowest BCUT2D eigenvalue weighted by atomic mass is 9.99. The van der Waals surface area contributed by atoms with Crippen molar-refractivity contribution in [3.63, 3.8) is 0 Å². The maximum Gasteiger partial charge on any atom is 0.249 e. The van der Waals surface area contributed by atoms with Crippen molar-refractivity contribution < 1.29 is 19.2 Å². The van der Waals surface area contributed by atoms with Crippen LogP contribution < -0.4 is 16.0 Å². The minimum absolute atomic E-state index is 0.0325. The largest absolute Gasteiger partial charge is 0.350 e. The molecule has 0 aliphatic carbocycles. The number of hydrogen-bond acceptors (Lipinski definition) is 8. The molecule has 3 atom stereocenters. The third kappa shape index (κ3) is 10.6. The Bertz CT molecular complexity index is 1170. The number of rotatable bonds is 11. The molecule has 0 fully saturated rings. The third-order valence-corrected chi connectivity index (χ3v) is 9.50. The van der Waals surface area contributed by atoms with E-state index in [1.807, 2.05) is 32.1 Å². The first-order chi connectivity index (χ1) is 20.1. The number of nitrogens with one attached hydrogen (secondary N) is 3. The molecular weight excluding hydrogens is 571 g/mol. The van der Waals surface area contributed by atoms with Gasteiger partial charge in [-0.1, -0.05) is 70.4 Å². The van der Waals surface area contributed by atoms with Crippen LogP contribution in [0.1, 0.15) is 90.3 Å². The second kappa shape index (κ2) is 16.8. The van der Waals surface area contributed by atoms with Gasteiger partial charge in [0.2, 0.25) is 17.7 Å². The number of unbranched alkanes of at least 4 members (excludes halogenated alkanes) is 4. The Balaban J connectivity index is 1.69. The van der Waals surface area contributed by atoms with Gasteiger partial charge in [-0.05, 0) is 37.8 Å². The van der Waals surface area contributed by atoms with E-state index < -0.39 is 17.6 Å². The Morgan fingerprint density at radius 1 is 1.19 bits per heavy atom. The van der Waals surface area contributed by atoms with Gasteiger partial charge in [-0.3, -0.25) is 29.2 Å². The van der Waals surface area contributed by atoms with Gasteiger partial charge in [0.15, 0.2) is 5.12 Å². The number of thioether (sulfide) groups is 2. The first-order valence-corrected chi connectivity index (χ1v) is 17.0. The Morgan fingerprint density at radius 3 is 2.74 bits per heavy atom. The van der Waals surface area contributed by atoms with Gasteiger partial charge in [-0.25, -0.2) is 0 Å². The summed E-state index contributed by atoms with van der Waals surface area (Å²) in [5, 5.41) is 9.72. The molecule has 11 heteroatoms. The van der Waals surface area contributed by atoms with Gasteiger partial charge in [-0.2, -0.15) is 0 Å². The Kier molecular flexibility index (Phi) is 13.6. The Labute approximate surface area is 258 Å². The molecule has 2 aliphatic heterocycles. The molecule has 0 aromatic carbocycles. The van der Waals surface area contributed by atoms with Crippen molar-refractivity contribution in [2.45, 2.75) is 103 Å². The molecule has 1 unspecified atom stereocenters. The summed E-state index contributed by atoms with van der Waals surface area (Å²) in [6.07, 6.45) is 12.3.